The van der Waals surface area contributed by atoms with Gasteiger partial charge in [-0.3, -0.25) is 9.59 Å². The topological polar surface area (TPSA) is 122 Å². The molecule has 8 nitrogen and oxygen atoms in total. The Kier molecular flexibility index (Phi) is 10.9. The fourth-order valence-electron chi connectivity index (χ4n) is 5.06. The van der Waals surface area contributed by atoms with Gasteiger partial charge in [-0.15, -0.1) is 0 Å². The van der Waals surface area contributed by atoms with Crippen molar-refractivity contribution in [3.8, 4) is 11.5 Å². The summed E-state index contributed by atoms with van der Waals surface area (Å²) in [6, 6.07) is 2.97. The number of aliphatic hydroxyl groups excluding tert-OH is 2. The number of carbonyl (C=O) groups is 2. The molecule has 0 fully saturated rings. The molecule has 0 bridgehead atoms. The van der Waals surface area contributed by atoms with Gasteiger partial charge in [-0.1, -0.05) is 53.4 Å². The molecule has 1 aromatic rings. The van der Waals surface area contributed by atoms with Crippen molar-refractivity contribution >= 4 is 22.8 Å². The van der Waals surface area contributed by atoms with Crippen LogP contribution in [-0.2, 0) is 9.59 Å². The minimum atomic E-state index is -0.723. The van der Waals surface area contributed by atoms with E-state index in [1.807, 2.05) is 4.90 Å². The van der Waals surface area contributed by atoms with Crippen LogP contribution in [0.1, 0.15) is 84.6 Å². The monoisotopic (exact) mass is 552 g/mol. The van der Waals surface area contributed by atoms with Gasteiger partial charge < -0.3 is 30.2 Å². The minimum absolute atomic E-state index is 0.185. The number of nitrogens with zero attached hydrogens (tertiary/aromatic N) is 2. The Morgan fingerprint density at radius 3 is 1.52 bits per heavy atom. The van der Waals surface area contributed by atoms with Gasteiger partial charge in [0.1, 0.15) is 23.0 Å². The summed E-state index contributed by atoms with van der Waals surface area (Å²) in [5.41, 5.74) is 0.152. The third-order valence-electron chi connectivity index (χ3n) is 7.43. The number of ketones is 2. The Bertz CT molecular complexity index is 1200. The van der Waals surface area contributed by atoms with Crippen molar-refractivity contribution in [3.05, 3.63) is 58.2 Å². The molecule has 0 saturated heterocycles. The van der Waals surface area contributed by atoms with E-state index in [-0.39, 0.29) is 39.5 Å². The first kappa shape index (κ1) is 30.9. The van der Waals surface area contributed by atoms with Gasteiger partial charge in [-0.25, -0.2) is 0 Å². The molecule has 218 valence electrons. The van der Waals surface area contributed by atoms with Gasteiger partial charge in [0.15, 0.2) is 5.78 Å². The van der Waals surface area contributed by atoms with E-state index in [1.165, 1.54) is 24.3 Å². The van der Waals surface area contributed by atoms with Gasteiger partial charge in [-0.2, -0.15) is 0 Å². The zero-order chi connectivity index (χ0) is 29.4. The van der Waals surface area contributed by atoms with Crippen molar-refractivity contribution in [2.75, 3.05) is 31.1 Å². The molecule has 2 aliphatic carbocycles. The number of aliphatic hydroxyl groups is 2. The third-order valence-corrected chi connectivity index (χ3v) is 7.43. The van der Waals surface area contributed by atoms with E-state index in [2.05, 4.69) is 32.6 Å². The minimum Gasteiger partial charge on any atom is -0.507 e. The van der Waals surface area contributed by atoms with Crippen LogP contribution in [0.4, 0.5) is 5.69 Å². The number of anilines is 1. The molecule has 0 spiro atoms. The van der Waals surface area contributed by atoms with E-state index in [9.17, 15) is 30.0 Å². The Balaban J connectivity index is 1.96. The van der Waals surface area contributed by atoms with Crippen molar-refractivity contribution in [1.82, 2.24) is 4.90 Å². The molecule has 0 aromatic heterocycles. The van der Waals surface area contributed by atoms with Crippen molar-refractivity contribution in [1.29, 1.82) is 0 Å². The number of allylic oxidation sites excluding steroid dienone is 5. The zero-order valence-corrected chi connectivity index (χ0v) is 24.3. The van der Waals surface area contributed by atoms with Crippen LogP contribution in [0.5, 0.6) is 11.5 Å². The van der Waals surface area contributed by atoms with Crippen molar-refractivity contribution in [3.63, 3.8) is 0 Å². The van der Waals surface area contributed by atoms with E-state index in [1.54, 1.807) is 0 Å². The molecular weight excluding hydrogens is 508 g/mol. The summed E-state index contributed by atoms with van der Waals surface area (Å²) in [4.78, 5) is 30.5. The number of phenolic OH excluding ortho intramolecular Hbond substituents is 2. The number of Topliss-reactive ketones (excluding diaryl/α,β-unsaturated/α-hetero) is 1. The van der Waals surface area contributed by atoms with Crippen molar-refractivity contribution < 1.29 is 30.0 Å². The standard InChI is InChI=1S/C32H44N2O6/c1-5-9-13-33(14-10-6-2)21-17-23(35)27(24(36)18-21)29-31(39)30(32(29)40)28-25(37)19-22(20-26(28)38)34(15-11-7-3)16-12-8-4/h17-20,35-37,39H,5-16H2,1-4H3. The molecule has 2 aliphatic rings. The van der Waals surface area contributed by atoms with Crippen molar-refractivity contribution in [2.45, 2.75) is 79.1 Å². The number of carbonyl (C=O) groups excluding carboxylic acids is 2. The van der Waals surface area contributed by atoms with Crippen LogP contribution >= 0.6 is 0 Å². The summed E-state index contributed by atoms with van der Waals surface area (Å²) in [5, 5.41) is 43.4. The number of aromatic hydroxyl groups is 2. The lowest BCUT2D eigenvalue weighted by Crippen LogP contribution is -2.30. The molecule has 0 radical (unpaired) electrons. The summed E-state index contributed by atoms with van der Waals surface area (Å²) in [7, 11) is 0. The van der Waals surface area contributed by atoms with E-state index in [0.29, 0.717) is 11.4 Å². The number of rotatable bonds is 15. The smallest absolute Gasteiger partial charge is 0.202 e. The largest absolute Gasteiger partial charge is 0.507 e. The summed E-state index contributed by atoms with van der Waals surface area (Å²) < 4.78 is 0. The van der Waals surface area contributed by atoms with E-state index in [4.69, 9.17) is 0 Å². The fraction of sp³-hybridized carbons (Fsp3) is 0.500. The lowest BCUT2D eigenvalue weighted by molar-refractivity contribution is -0.114. The molecule has 0 saturated carbocycles. The fourth-order valence-corrected chi connectivity index (χ4v) is 5.06. The quantitative estimate of drug-likeness (QED) is 0.183. The number of phenols is 2. The first-order chi connectivity index (χ1) is 19.2. The Labute approximate surface area is 237 Å². The molecular formula is C32H44N2O6. The lowest BCUT2D eigenvalue weighted by atomic mass is 9.78. The van der Waals surface area contributed by atoms with E-state index in [0.717, 1.165) is 77.5 Å². The first-order valence-electron chi connectivity index (χ1n) is 14.7. The molecule has 0 heterocycles. The number of hydrogen-bond acceptors (Lipinski definition) is 8. The van der Waals surface area contributed by atoms with Gasteiger partial charge in [0.2, 0.25) is 5.78 Å². The second kappa shape index (κ2) is 14.1. The van der Waals surface area contributed by atoms with E-state index >= 15 is 0 Å². The second-order valence-corrected chi connectivity index (χ2v) is 10.5. The maximum Gasteiger partial charge on any atom is 0.202 e. The molecule has 0 amide bonds. The summed E-state index contributed by atoms with van der Waals surface area (Å²) in [5.74, 6) is -2.91. The highest BCUT2D eigenvalue weighted by atomic mass is 16.3. The Hall–Kier alpha value is -3.68. The highest BCUT2D eigenvalue weighted by Crippen LogP contribution is 2.47. The highest BCUT2D eigenvalue weighted by Gasteiger charge is 2.42. The van der Waals surface area contributed by atoms with Gasteiger partial charge in [-0.05, 0) is 25.7 Å². The molecule has 4 N–H and O–H groups in total. The summed E-state index contributed by atoms with van der Waals surface area (Å²) in [6.45, 7) is 11.3. The highest BCUT2D eigenvalue weighted by molar-refractivity contribution is 6.42. The zero-order valence-electron chi connectivity index (χ0n) is 24.3. The maximum atomic E-state index is 13.2. The summed E-state index contributed by atoms with van der Waals surface area (Å²) >= 11 is 0. The second-order valence-electron chi connectivity index (χ2n) is 10.5. The predicted octanol–water partition coefficient (Wildman–Crippen LogP) is 6.46. The average molecular weight is 553 g/mol. The predicted molar refractivity (Wildman–Crippen MR) is 159 cm³/mol. The first-order valence-corrected chi connectivity index (χ1v) is 14.7. The van der Waals surface area contributed by atoms with Gasteiger partial charge in [0.05, 0.1) is 22.3 Å². The lowest BCUT2D eigenvalue weighted by Gasteiger charge is -2.30. The number of hydrogen-bond donors (Lipinski definition) is 4. The maximum absolute atomic E-state index is 13.2. The Morgan fingerprint density at radius 1 is 0.625 bits per heavy atom. The number of benzene rings is 1. The Morgan fingerprint density at radius 2 is 1.10 bits per heavy atom. The molecule has 1 aromatic carbocycles. The molecule has 0 unspecified atom stereocenters. The summed E-state index contributed by atoms with van der Waals surface area (Å²) in [6.07, 6.45) is 10.6. The van der Waals surface area contributed by atoms with Crippen molar-refractivity contribution in [2.24, 2.45) is 0 Å². The van der Waals surface area contributed by atoms with Crippen LogP contribution in [0.3, 0.4) is 0 Å². The normalized spacial score (nSPS) is 17.1. The molecule has 8 heteroatoms. The van der Waals surface area contributed by atoms with Gasteiger partial charge in [0.25, 0.3) is 0 Å². The van der Waals surface area contributed by atoms with Crippen LogP contribution in [0, 0.1) is 0 Å². The van der Waals surface area contributed by atoms with Crippen LogP contribution in [0.25, 0.3) is 5.57 Å². The third kappa shape index (κ3) is 6.54. The van der Waals surface area contributed by atoms with E-state index < -0.39 is 17.3 Å². The SMILES string of the molecule is CCCCN(CCCC)C1=CC(=O)C(=C2C(=O)C(c3c(O)cc(N(CCCC)CCCC)cc3O)=C2O)C(O)=C1. The van der Waals surface area contributed by atoms with Crippen LogP contribution in [0.2, 0.25) is 0 Å². The van der Waals surface area contributed by atoms with Crippen LogP contribution < -0.4 is 4.90 Å². The molecule has 3 rings (SSSR count). The van der Waals surface area contributed by atoms with Gasteiger partial charge in [0, 0.05) is 61.8 Å². The van der Waals surface area contributed by atoms with Crippen LogP contribution in [-0.4, -0.2) is 63.1 Å². The molecule has 40 heavy (non-hydrogen) atoms. The number of unbranched alkanes of at least 4 members (excludes halogenated alkanes) is 4. The molecule has 0 atom stereocenters. The van der Waals surface area contributed by atoms with Gasteiger partial charge >= 0.3 is 0 Å². The van der Waals surface area contributed by atoms with Crippen LogP contribution in [0.15, 0.2) is 52.6 Å². The average Bonchev–Trinajstić information content (AvgIpc) is 2.92. The molecule has 0 aliphatic heterocycles.